The van der Waals surface area contributed by atoms with Crippen LogP contribution in [0.1, 0.15) is 31.2 Å². The Morgan fingerprint density at radius 3 is 2.40 bits per heavy atom. The highest BCUT2D eigenvalue weighted by Gasteiger charge is 2.59. The number of nitrogens with zero attached hydrogens (tertiary/aromatic N) is 2. The van der Waals surface area contributed by atoms with Crippen LogP contribution in [0.4, 0.5) is 0 Å². The van der Waals surface area contributed by atoms with Crippen molar-refractivity contribution in [3.63, 3.8) is 0 Å². The normalized spacial score (nSPS) is 31.7. The summed E-state index contributed by atoms with van der Waals surface area (Å²) in [5.74, 6) is -0.359. The molecule has 3 aliphatic carbocycles. The SMILES string of the molecule is Cl.O=C1C2C3C=CC(CC3)C2S(=O)(=O)N1CCCCc1ccncc1. The Labute approximate surface area is 155 Å². The van der Waals surface area contributed by atoms with Gasteiger partial charge < -0.3 is 0 Å². The summed E-state index contributed by atoms with van der Waals surface area (Å²) in [5.41, 5.74) is 1.19. The number of halogens is 1. The maximum absolute atomic E-state index is 12.9. The van der Waals surface area contributed by atoms with Gasteiger partial charge in [0.1, 0.15) is 0 Å². The fourth-order valence-corrected chi connectivity index (χ4v) is 6.89. The first kappa shape index (κ1) is 18.4. The zero-order valence-electron chi connectivity index (χ0n) is 14.0. The second-order valence-corrected chi connectivity index (χ2v) is 9.06. The van der Waals surface area contributed by atoms with E-state index in [0.29, 0.717) is 13.0 Å². The molecular weight excluding hydrogens is 360 g/mol. The third kappa shape index (κ3) is 3.10. The van der Waals surface area contributed by atoms with Crippen molar-refractivity contribution < 1.29 is 13.2 Å². The number of rotatable bonds is 5. The predicted octanol–water partition coefficient (Wildman–Crippen LogP) is 2.58. The van der Waals surface area contributed by atoms with Gasteiger partial charge in [-0.15, -0.1) is 12.4 Å². The van der Waals surface area contributed by atoms with Gasteiger partial charge in [0.05, 0.1) is 11.2 Å². The van der Waals surface area contributed by atoms with Gasteiger partial charge >= 0.3 is 0 Å². The molecule has 0 radical (unpaired) electrons. The second kappa shape index (κ2) is 7.08. The van der Waals surface area contributed by atoms with Crippen molar-refractivity contribution >= 4 is 28.3 Å². The van der Waals surface area contributed by atoms with E-state index in [-0.39, 0.29) is 36.1 Å². The van der Waals surface area contributed by atoms with E-state index in [0.717, 1.165) is 25.7 Å². The Kier molecular flexibility index (Phi) is 5.21. The van der Waals surface area contributed by atoms with Gasteiger partial charge in [-0.05, 0) is 61.6 Å². The van der Waals surface area contributed by atoms with Crippen molar-refractivity contribution in [2.75, 3.05) is 6.54 Å². The maximum Gasteiger partial charge on any atom is 0.241 e. The number of fused-ring (bicyclic) bond motifs is 1. The number of hydrogen-bond acceptors (Lipinski definition) is 4. The fourth-order valence-electron chi connectivity index (χ4n) is 4.49. The summed E-state index contributed by atoms with van der Waals surface area (Å²) in [6.07, 6.45) is 11.9. The Balaban J connectivity index is 0.00000182. The van der Waals surface area contributed by atoms with E-state index in [1.54, 1.807) is 12.4 Å². The van der Waals surface area contributed by atoms with Crippen molar-refractivity contribution in [3.05, 3.63) is 42.2 Å². The first-order valence-electron chi connectivity index (χ1n) is 8.71. The third-order valence-corrected chi connectivity index (χ3v) is 7.99. The van der Waals surface area contributed by atoms with Crippen LogP contribution < -0.4 is 0 Å². The molecule has 1 aliphatic heterocycles. The van der Waals surface area contributed by atoms with E-state index >= 15 is 0 Å². The smallest absolute Gasteiger partial charge is 0.241 e. The van der Waals surface area contributed by atoms with Gasteiger partial charge in [0.2, 0.25) is 15.9 Å². The minimum Gasteiger partial charge on any atom is -0.273 e. The molecule has 1 saturated heterocycles. The van der Waals surface area contributed by atoms with Crippen LogP contribution in [0.5, 0.6) is 0 Å². The molecule has 4 aliphatic rings. The average molecular weight is 383 g/mol. The fraction of sp³-hybridized carbons (Fsp3) is 0.556. The van der Waals surface area contributed by atoms with Gasteiger partial charge in [0.15, 0.2) is 0 Å². The number of carbonyl (C=O) groups excluding carboxylic acids is 1. The van der Waals surface area contributed by atoms with E-state index < -0.39 is 15.3 Å². The number of aromatic nitrogens is 1. The lowest BCUT2D eigenvalue weighted by Gasteiger charge is -2.37. The summed E-state index contributed by atoms with van der Waals surface area (Å²) in [6, 6.07) is 3.94. The molecule has 136 valence electrons. The van der Waals surface area contributed by atoms with Gasteiger partial charge in [0, 0.05) is 18.9 Å². The monoisotopic (exact) mass is 382 g/mol. The second-order valence-electron chi connectivity index (χ2n) is 7.05. The molecule has 1 amide bonds. The molecule has 4 atom stereocenters. The minimum atomic E-state index is -3.49. The van der Waals surface area contributed by atoms with Crippen molar-refractivity contribution in [2.24, 2.45) is 17.8 Å². The maximum atomic E-state index is 12.9. The van der Waals surface area contributed by atoms with Crippen LogP contribution in [0.25, 0.3) is 0 Å². The van der Waals surface area contributed by atoms with Gasteiger partial charge in [-0.1, -0.05) is 12.2 Å². The lowest BCUT2D eigenvalue weighted by Crippen LogP contribution is -2.42. The van der Waals surface area contributed by atoms with Crippen molar-refractivity contribution in [1.29, 1.82) is 0 Å². The molecule has 5 rings (SSSR count). The van der Waals surface area contributed by atoms with Crippen LogP contribution in [-0.2, 0) is 21.2 Å². The van der Waals surface area contributed by atoms with E-state index in [1.165, 1.54) is 9.87 Å². The number of pyridine rings is 1. The van der Waals surface area contributed by atoms with Crippen LogP contribution in [0.2, 0.25) is 0 Å². The van der Waals surface area contributed by atoms with Crippen molar-refractivity contribution in [2.45, 2.75) is 37.4 Å². The first-order chi connectivity index (χ1) is 11.6. The predicted molar refractivity (Wildman–Crippen MR) is 97.7 cm³/mol. The quantitative estimate of drug-likeness (QED) is 0.579. The highest BCUT2D eigenvalue weighted by Crippen LogP contribution is 2.49. The van der Waals surface area contributed by atoms with Gasteiger partial charge in [-0.2, -0.15) is 0 Å². The van der Waals surface area contributed by atoms with Crippen LogP contribution in [-0.4, -0.2) is 35.4 Å². The van der Waals surface area contributed by atoms with Gasteiger partial charge in [-0.3, -0.25) is 9.78 Å². The zero-order chi connectivity index (χ0) is 16.7. The largest absolute Gasteiger partial charge is 0.273 e. The molecule has 25 heavy (non-hydrogen) atoms. The van der Waals surface area contributed by atoms with Crippen LogP contribution in [0.15, 0.2) is 36.7 Å². The molecule has 0 aromatic carbocycles. The molecule has 0 N–H and O–H groups in total. The summed E-state index contributed by atoms with van der Waals surface area (Å²) in [4.78, 5) is 16.7. The standard InChI is InChI=1S/C18H22N2O3S.ClH/c21-18-16-14-4-6-15(7-5-14)17(16)24(22,23)20(18)12-2-1-3-13-8-10-19-11-9-13;/h4,6,8-11,14-17H,1-3,5,7,12H2;1H. The molecule has 2 fully saturated rings. The van der Waals surface area contributed by atoms with Crippen LogP contribution in [0.3, 0.4) is 0 Å². The number of carbonyl (C=O) groups is 1. The van der Waals surface area contributed by atoms with E-state index in [2.05, 4.69) is 11.1 Å². The molecule has 1 saturated carbocycles. The lowest BCUT2D eigenvalue weighted by molar-refractivity contribution is -0.131. The Hall–Kier alpha value is -1.40. The van der Waals surface area contributed by atoms with Crippen molar-refractivity contribution in [3.8, 4) is 0 Å². The zero-order valence-corrected chi connectivity index (χ0v) is 15.6. The molecule has 2 heterocycles. The average Bonchev–Trinajstić information content (AvgIpc) is 2.82. The summed E-state index contributed by atoms with van der Waals surface area (Å²) in [5, 5.41) is -0.506. The summed E-state index contributed by atoms with van der Waals surface area (Å²) >= 11 is 0. The molecule has 1 aromatic heterocycles. The Morgan fingerprint density at radius 2 is 1.76 bits per heavy atom. The Morgan fingerprint density at radius 1 is 1.08 bits per heavy atom. The summed E-state index contributed by atoms with van der Waals surface area (Å²) < 4.78 is 26.9. The molecule has 0 spiro atoms. The number of allylic oxidation sites excluding steroid dienone is 2. The van der Waals surface area contributed by atoms with E-state index in [4.69, 9.17) is 0 Å². The number of amides is 1. The molecular formula is C18H23ClN2O3S. The number of unbranched alkanes of at least 4 members (excludes halogenated alkanes) is 1. The van der Waals surface area contributed by atoms with Gasteiger partial charge in [0.25, 0.3) is 0 Å². The molecule has 1 aromatic rings. The minimum absolute atomic E-state index is 0. The Bertz CT molecular complexity index is 766. The number of hydrogen-bond donors (Lipinski definition) is 0. The lowest BCUT2D eigenvalue weighted by atomic mass is 9.68. The molecule has 4 unspecified atom stereocenters. The van der Waals surface area contributed by atoms with Gasteiger partial charge in [-0.25, -0.2) is 12.7 Å². The molecule has 5 nitrogen and oxygen atoms in total. The highest BCUT2D eigenvalue weighted by atomic mass is 35.5. The highest BCUT2D eigenvalue weighted by molar-refractivity contribution is 7.90. The first-order valence-corrected chi connectivity index (χ1v) is 10.2. The van der Waals surface area contributed by atoms with E-state index in [1.807, 2.05) is 18.2 Å². The summed E-state index contributed by atoms with van der Waals surface area (Å²) in [6.45, 7) is 0.318. The molecule has 2 bridgehead atoms. The van der Waals surface area contributed by atoms with E-state index in [9.17, 15) is 13.2 Å². The molecule has 7 heteroatoms. The number of aryl methyl sites for hydroxylation is 1. The van der Waals surface area contributed by atoms with Crippen LogP contribution >= 0.6 is 12.4 Å². The summed E-state index contributed by atoms with van der Waals surface area (Å²) in [7, 11) is -3.49. The topological polar surface area (TPSA) is 67.3 Å². The van der Waals surface area contributed by atoms with Crippen LogP contribution in [0, 0.1) is 17.8 Å². The number of sulfonamides is 1. The third-order valence-electron chi connectivity index (χ3n) is 5.68. The van der Waals surface area contributed by atoms with Crippen molar-refractivity contribution in [1.82, 2.24) is 9.29 Å².